The van der Waals surface area contributed by atoms with Gasteiger partial charge in [-0.2, -0.15) is 0 Å². The van der Waals surface area contributed by atoms with E-state index in [1.165, 1.54) is 0 Å². The average molecular weight is 268 g/mol. The highest BCUT2D eigenvalue weighted by molar-refractivity contribution is 5.79. The van der Waals surface area contributed by atoms with Crippen LogP contribution < -0.4 is 11.1 Å². The molecule has 0 aliphatic heterocycles. The molecule has 0 radical (unpaired) electrons. The summed E-state index contributed by atoms with van der Waals surface area (Å²) in [4.78, 5) is 12.4. The molecule has 3 N–H and O–H groups in total. The van der Waals surface area contributed by atoms with Crippen LogP contribution in [0.25, 0.3) is 0 Å². The highest BCUT2D eigenvalue weighted by atomic mass is 16.5. The van der Waals surface area contributed by atoms with Crippen LogP contribution in [0.1, 0.15) is 46.0 Å². The van der Waals surface area contributed by atoms with Crippen LogP contribution in [0, 0.1) is 17.8 Å². The molecule has 19 heavy (non-hydrogen) atoms. The third-order valence-corrected chi connectivity index (χ3v) is 5.09. The Labute approximate surface area is 116 Å². The SMILES string of the molecule is COC1CCC(NC(=O)C2CC(N)C(C)CC2C)C1. The van der Waals surface area contributed by atoms with Crippen molar-refractivity contribution in [3.05, 3.63) is 0 Å². The first-order chi connectivity index (χ1) is 9.01. The number of hydrogen-bond acceptors (Lipinski definition) is 3. The van der Waals surface area contributed by atoms with Crippen molar-refractivity contribution in [1.29, 1.82) is 0 Å². The fourth-order valence-electron chi connectivity index (χ4n) is 3.64. The molecule has 2 fully saturated rings. The van der Waals surface area contributed by atoms with Crippen molar-refractivity contribution in [3.8, 4) is 0 Å². The summed E-state index contributed by atoms with van der Waals surface area (Å²) in [5.74, 6) is 1.27. The second kappa shape index (κ2) is 6.23. The van der Waals surface area contributed by atoms with E-state index in [1.54, 1.807) is 7.11 Å². The van der Waals surface area contributed by atoms with E-state index < -0.39 is 0 Å². The summed E-state index contributed by atoms with van der Waals surface area (Å²) in [6.45, 7) is 4.37. The van der Waals surface area contributed by atoms with Gasteiger partial charge in [0.25, 0.3) is 0 Å². The van der Waals surface area contributed by atoms with E-state index >= 15 is 0 Å². The summed E-state index contributed by atoms with van der Waals surface area (Å²) in [5, 5.41) is 3.20. The van der Waals surface area contributed by atoms with Crippen molar-refractivity contribution >= 4 is 5.91 Å². The van der Waals surface area contributed by atoms with Crippen LogP contribution in [0.4, 0.5) is 0 Å². The van der Waals surface area contributed by atoms with Crippen LogP contribution in [0.2, 0.25) is 0 Å². The Hall–Kier alpha value is -0.610. The third kappa shape index (κ3) is 3.48. The number of hydrogen-bond donors (Lipinski definition) is 2. The maximum atomic E-state index is 12.4. The molecule has 6 unspecified atom stereocenters. The highest BCUT2D eigenvalue weighted by Gasteiger charge is 2.36. The molecule has 0 aromatic rings. The monoisotopic (exact) mass is 268 g/mol. The van der Waals surface area contributed by atoms with Crippen molar-refractivity contribution in [1.82, 2.24) is 5.32 Å². The van der Waals surface area contributed by atoms with Gasteiger partial charge in [-0.1, -0.05) is 13.8 Å². The lowest BCUT2D eigenvalue weighted by Crippen LogP contribution is -2.47. The minimum Gasteiger partial charge on any atom is -0.381 e. The topological polar surface area (TPSA) is 64.3 Å². The number of amides is 1. The van der Waals surface area contributed by atoms with Gasteiger partial charge in [-0.05, 0) is 43.9 Å². The summed E-state index contributed by atoms with van der Waals surface area (Å²) in [6, 6.07) is 0.461. The Morgan fingerprint density at radius 2 is 1.89 bits per heavy atom. The van der Waals surface area contributed by atoms with E-state index in [9.17, 15) is 4.79 Å². The highest BCUT2D eigenvalue weighted by Crippen LogP contribution is 2.33. The van der Waals surface area contributed by atoms with E-state index in [0.717, 1.165) is 32.1 Å². The summed E-state index contributed by atoms with van der Waals surface area (Å²) in [7, 11) is 1.75. The fourth-order valence-corrected chi connectivity index (χ4v) is 3.64. The lowest BCUT2D eigenvalue weighted by molar-refractivity contribution is -0.128. The predicted octanol–water partition coefficient (Wildman–Crippen LogP) is 1.68. The molecule has 110 valence electrons. The Bertz CT molecular complexity index is 321. The lowest BCUT2D eigenvalue weighted by Gasteiger charge is -2.36. The van der Waals surface area contributed by atoms with Gasteiger partial charge >= 0.3 is 0 Å². The smallest absolute Gasteiger partial charge is 0.223 e. The maximum Gasteiger partial charge on any atom is 0.223 e. The summed E-state index contributed by atoms with van der Waals surface area (Å²) in [5.41, 5.74) is 6.12. The van der Waals surface area contributed by atoms with E-state index in [4.69, 9.17) is 10.5 Å². The number of carbonyl (C=O) groups excluding carboxylic acids is 1. The molecule has 0 aromatic heterocycles. The number of ether oxygens (including phenoxy) is 1. The second-order valence-electron chi connectivity index (χ2n) is 6.57. The first-order valence-corrected chi connectivity index (χ1v) is 7.60. The van der Waals surface area contributed by atoms with E-state index in [1.807, 2.05) is 0 Å². The fraction of sp³-hybridized carbons (Fsp3) is 0.933. The van der Waals surface area contributed by atoms with Gasteiger partial charge in [-0.15, -0.1) is 0 Å². The average Bonchev–Trinajstić information content (AvgIpc) is 2.81. The van der Waals surface area contributed by atoms with Crippen LogP contribution in [0.3, 0.4) is 0 Å². The minimum atomic E-state index is 0.0906. The second-order valence-corrected chi connectivity index (χ2v) is 6.57. The molecule has 6 atom stereocenters. The summed E-state index contributed by atoms with van der Waals surface area (Å²) >= 11 is 0. The van der Waals surface area contributed by atoms with Crippen molar-refractivity contribution in [2.45, 2.75) is 64.1 Å². The zero-order valence-electron chi connectivity index (χ0n) is 12.4. The Morgan fingerprint density at radius 1 is 1.16 bits per heavy atom. The van der Waals surface area contributed by atoms with Gasteiger partial charge < -0.3 is 15.8 Å². The minimum absolute atomic E-state index is 0.0906. The molecule has 0 aromatic carbocycles. The Balaban J connectivity index is 1.86. The van der Waals surface area contributed by atoms with Crippen LogP contribution in [0.5, 0.6) is 0 Å². The van der Waals surface area contributed by atoms with Gasteiger partial charge in [0.05, 0.1) is 6.10 Å². The normalized spacial score (nSPS) is 43.2. The van der Waals surface area contributed by atoms with Gasteiger partial charge in [0.2, 0.25) is 5.91 Å². The molecule has 2 saturated carbocycles. The molecule has 2 aliphatic carbocycles. The van der Waals surface area contributed by atoms with Crippen molar-refractivity contribution in [3.63, 3.8) is 0 Å². The first kappa shape index (κ1) is 14.8. The van der Waals surface area contributed by atoms with Gasteiger partial charge in [0.15, 0.2) is 0 Å². The molecule has 4 nitrogen and oxygen atoms in total. The van der Waals surface area contributed by atoms with E-state index in [-0.39, 0.29) is 17.9 Å². The lowest BCUT2D eigenvalue weighted by atomic mass is 9.72. The molecule has 0 bridgehead atoms. The largest absolute Gasteiger partial charge is 0.381 e. The molecular weight excluding hydrogens is 240 g/mol. The van der Waals surface area contributed by atoms with Crippen molar-refractivity contribution < 1.29 is 9.53 Å². The number of methoxy groups -OCH3 is 1. The standard InChI is InChI=1S/C15H28N2O2/c1-9-6-10(2)14(16)8-13(9)15(18)17-11-4-5-12(7-11)19-3/h9-14H,4-8,16H2,1-3H3,(H,17,18). The van der Waals surface area contributed by atoms with Crippen molar-refractivity contribution in [2.75, 3.05) is 7.11 Å². The molecule has 0 saturated heterocycles. The van der Waals surface area contributed by atoms with Crippen LogP contribution >= 0.6 is 0 Å². The number of rotatable bonds is 3. The number of nitrogens with two attached hydrogens (primary N) is 1. The quantitative estimate of drug-likeness (QED) is 0.818. The molecule has 0 spiro atoms. The van der Waals surface area contributed by atoms with Crippen LogP contribution in [-0.4, -0.2) is 31.2 Å². The predicted molar refractivity (Wildman–Crippen MR) is 75.6 cm³/mol. The van der Waals surface area contributed by atoms with Gasteiger partial charge in [-0.25, -0.2) is 0 Å². The van der Waals surface area contributed by atoms with E-state index in [0.29, 0.717) is 24.0 Å². The first-order valence-electron chi connectivity index (χ1n) is 7.60. The van der Waals surface area contributed by atoms with Gasteiger partial charge in [-0.3, -0.25) is 4.79 Å². The zero-order chi connectivity index (χ0) is 14.0. The molecule has 4 heteroatoms. The number of nitrogens with one attached hydrogen (secondary N) is 1. The van der Waals surface area contributed by atoms with Crippen molar-refractivity contribution in [2.24, 2.45) is 23.5 Å². The Kier molecular flexibility index (Phi) is 4.85. The third-order valence-electron chi connectivity index (χ3n) is 5.09. The van der Waals surface area contributed by atoms with E-state index in [2.05, 4.69) is 19.2 Å². The summed E-state index contributed by atoms with van der Waals surface area (Å²) < 4.78 is 5.35. The van der Waals surface area contributed by atoms with Crippen LogP contribution in [0.15, 0.2) is 0 Å². The molecule has 2 rings (SSSR count). The van der Waals surface area contributed by atoms with Gasteiger partial charge in [0, 0.05) is 25.1 Å². The summed E-state index contributed by atoms with van der Waals surface area (Å²) in [6.07, 6.45) is 5.24. The number of carbonyl (C=O) groups is 1. The zero-order valence-corrected chi connectivity index (χ0v) is 12.4. The maximum absolute atomic E-state index is 12.4. The van der Waals surface area contributed by atoms with Crippen LogP contribution in [-0.2, 0) is 9.53 Å². The molecular formula is C15H28N2O2. The Morgan fingerprint density at radius 3 is 2.53 bits per heavy atom. The molecule has 1 amide bonds. The van der Waals surface area contributed by atoms with Gasteiger partial charge in [0.1, 0.15) is 0 Å². The molecule has 2 aliphatic rings. The molecule has 0 heterocycles.